The molecule has 4 heteroatoms. The summed E-state index contributed by atoms with van der Waals surface area (Å²) in [4.78, 5) is 0. The maximum absolute atomic E-state index is 8.71. The largest absolute Gasteiger partial charge is 0.330 e. The number of rotatable bonds is 12. The number of hydrogen-bond acceptors (Lipinski definition) is 4. The van der Waals surface area contributed by atoms with Gasteiger partial charge in [0.15, 0.2) is 0 Å². The zero-order valence-electron chi connectivity index (χ0n) is 13.4. The molecule has 4 nitrogen and oxygen atoms in total. The molecule has 1 atom stereocenters. The van der Waals surface area contributed by atoms with Gasteiger partial charge in [-0.3, -0.25) is 0 Å². The first-order valence-electron chi connectivity index (χ1n) is 7.42. The molecule has 0 radical (unpaired) electrons. The molecule has 0 N–H and O–H groups in total. The molecule has 1 unspecified atom stereocenters. The van der Waals surface area contributed by atoms with E-state index in [-0.39, 0.29) is 5.92 Å². The molecule has 0 aromatic heterocycles. The van der Waals surface area contributed by atoms with E-state index < -0.39 is 5.97 Å². The number of hydrogen-bond donors (Lipinski definition) is 0. The average Bonchev–Trinajstić information content (AvgIpc) is 2.49. The third kappa shape index (κ3) is 6.51. The van der Waals surface area contributed by atoms with E-state index >= 15 is 0 Å². The van der Waals surface area contributed by atoms with Gasteiger partial charge < -0.3 is 14.2 Å². The van der Waals surface area contributed by atoms with Crippen LogP contribution in [-0.4, -0.2) is 27.3 Å². The summed E-state index contributed by atoms with van der Waals surface area (Å²) in [6.45, 7) is 2.22. The average molecular weight is 283 g/mol. The van der Waals surface area contributed by atoms with Crippen molar-refractivity contribution in [3.05, 3.63) is 12.2 Å². The molecule has 0 fully saturated rings. The number of nitrogens with zero attached hydrogens (tertiary/aromatic N) is 1. The first-order chi connectivity index (χ1) is 9.70. The predicted molar refractivity (Wildman–Crippen MR) is 80.0 cm³/mol. The van der Waals surface area contributed by atoms with Gasteiger partial charge in [-0.2, -0.15) is 5.26 Å². The van der Waals surface area contributed by atoms with Crippen molar-refractivity contribution in [2.24, 2.45) is 5.92 Å². The minimum Gasteiger partial charge on any atom is -0.330 e. The number of allylic oxidation sites excluding steroid dienone is 1. The molecule has 20 heavy (non-hydrogen) atoms. The fourth-order valence-corrected chi connectivity index (χ4v) is 2.40. The van der Waals surface area contributed by atoms with E-state index in [2.05, 4.69) is 6.92 Å². The highest BCUT2D eigenvalue weighted by Crippen LogP contribution is 2.29. The van der Waals surface area contributed by atoms with Crippen molar-refractivity contribution < 1.29 is 14.2 Å². The molecule has 116 valence electrons. The molecule has 0 aromatic rings. The van der Waals surface area contributed by atoms with Crippen molar-refractivity contribution in [1.29, 1.82) is 5.26 Å². The lowest BCUT2D eigenvalue weighted by atomic mass is 9.97. The molecule has 0 bridgehead atoms. The second-order valence-electron chi connectivity index (χ2n) is 4.87. The quantitative estimate of drug-likeness (QED) is 0.308. The molecule has 0 rings (SSSR count). The van der Waals surface area contributed by atoms with Gasteiger partial charge in [-0.15, -0.1) is 0 Å². The molecule has 0 aliphatic heterocycles. The molecule has 0 saturated carbocycles. The summed E-state index contributed by atoms with van der Waals surface area (Å²) in [7, 11) is 4.67. The van der Waals surface area contributed by atoms with Crippen LogP contribution in [0.25, 0.3) is 0 Å². The monoisotopic (exact) mass is 283 g/mol. The van der Waals surface area contributed by atoms with Crippen LogP contribution in [0.2, 0.25) is 0 Å². The zero-order chi connectivity index (χ0) is 15.3. The van der Waals surface area contributed by atoms with E-state index in [0.717, 1.165) is 12.8 Å². The van der Waals surface area contributed by atoms with E-state index in [1.807, 2.05) is 12.1 Å². The van der Waals surface area contributed by atoms with Gasteiger partial charge in [0.2, 0.25) is 0 Å². The van der Waals surface area contributed by atoms with Crippen molar-refractivity contribution >= 4 is 0 Å². The van der Waals surface area contributed by atoms with Crippen LogP contribution in [0.15, 0.2) is 12.2 Å². The third-order valence-corrected chi connectivity index (χ3v) is 3.58. The zero-order valence-corrected chi connectivity index (χ0v) is 13.4. The summed E-state index contributed by atoms with van der Waals surface area (Å²) >= 11 is 0. The van der Waals surface area contributed by atoms with E-state index in [0.29, 0.717) is 0 Å². The first kappa shape index (κ1) is 19.1. The van der Waals surface area contributed by atoms with Crippen LogP contribution in [0, 0.1) is 17.2 Å². The van der Waals surface area contributed by atoms with Crippen LogP contribution in [0.5, 0.6) is 0 Å². The first-order valence-corrected chi connectivity index (χ1v) is 7.42. The molecule has 0 amide bonds. The number of unbranched alkanes of at least 4 members (excludes halogenated alkanes) is 5. The molecule has 0 aromatic carbocycles. The number of ether oxygens (including phenoxy) is 3. The molecule has 0 aliphatic rings. The summed E-state index contributed by atoms with van der Waals surface area (Å²) in [6, 6.07) is 2.01. The fourth-order valence-electron chi connectivity index (χ4n) is 2.40. The molecule has 0 heterocycles. The van der Waals surface area contributed by atoms with Crippen LogP contribution < -0.4 is 0 Å². The lowest BCUT2D eigenvalue weighted by Gasteiger charge is -2.34. The number of methoxy groups -OCH3 is 3. The Hall–Kier alpha value is -0.890. The second kappa shape index (κ2) is 11.9. The van der Waals surface area contributed by atoms with E-state index in [9.17, 15) is 0 Å². The maximum Gasteiger partial charge on any atom is 0.288 e. The maximum atomic E-state index is 8.71. The predicted octanol–water partition coefficient (Wildman–Crippen LogP) is 4.03. The Balaban J connectivity index is 4.42. The summed E-state index contributed by atoms with van der Waals surface area (Å²) in [5.74, 6) is -1.19. The normalized spacial score (nSPS) is 13.6. The Bertz CT molecular complexity index is 284. The van der Waals surface area contributed by atoms with E-state index in [1.165, 1.54) is 38.2 Å². The van der Waals surface area contributed by atoms with Crippen LogP contribution in [-0.2, 0) is 14.2 Å². The molecular weight excluding hydrogens is 254 g/mol. The minimum atomic E-state index is -1.10. The van der Waals surface area contributed by atoms with Crippen LogP contribution in [0.4, 0.5) is 0 Å². The highest BCUT2D eigenvalue weighted by molar-refractivity contribution is 5.05. The Morgan fingerprint density at radius 3 is 2.05 bits per heavy atom. The van der Waals surface area contributed by atoms with Gasteiger partial charge in [0.1, 0.15) is 0 Å². The van der Waals surface area contributed by atoms with Crippen molar-refractivity contribution in [1.82, 2.24) is 0 Å². The molecule has 0 spiro atoms. The van der Waals surface area contributed by atoms with E-state index in [1.54, 1.807) is 21.3 Å². The third-order valence-electron chi connectivity index (χ3n) is 3.58. The van der Waals surface area contributed by atoms with Crippen LogP contribution in [0.1, 0.15) is 51.9 Å². The van der Waals surface area contributed by atoms with Gasteiger partial charge in [-0.05, 0) is 6.42 Å². The summed E-state index contributed by atoms with van der Waals surface area (Å²) in [5, 5.41) is 8.71. The van der Waals surface area contributed by atoms with Gasteiger partial charge >= 0.3 is 0 Å². The van der Waals surface area contributed by atoms with Gasteiger partial charge in [0.05, 0.1) is 12.0 Å². The Morgan fingerprint density at radius 2 is 1.55 bits per heavy atom. The summed E-state index contributed by atoms with van der Waals surface area (Å²) in [6.07, 6.45) is 11.5. The molecule has 0 aliphatic carbocycles. The lowest BCUT2D eigenvalue weighted by Crippen LogP contribution is -2.43. The van der Waals surface area contributed by atoms with Crippen molar-refractivity contribution in [3.8, 4) is 6.07 Å². The van der Waals surface area contributed by atoms with Crippen molar-refractivity contribution in [2.45, 2.75) is 57.8 Å². The molecular formula is C16H29NO3. The van der Waals surface area contributed by atoms with Crippen LogP contribution >= 0.6 is 0 Å². The van der Waals surface area contributed by atoms with Gasteiger partial charge in [-0.1, -0.05) is 51.5 Å². The Labute approximate surface area is 123 Å². The number of nitriles is 1. The fraction of sp³-hybridized carbons (Fsp3) is 0.812. The SMILES string of the molecule is CCCCCCCCC(C=CC#N)C(OC)(OC)OC. The van der Waals surface area contributed by atoms with Crippen molar-refractivity contribution in [3.63, 3.8) is 0 Å². The van der Waals surface area contributed by atoms with Gasteiger partial charge in [0, 0.05) is 27.4 Å². The standard InChI is InChI=1S/C16H29NO3/c1-5-6-7-8-9-10-12-15(13-11-14-17)16(18-2,19-3)20-4/h11,13,15H,5-10,12H2,1-4H3. The topological polar surface area (TPSA) is 51.5 Å². The minimum absolute atomic E-state index is 0.0895. The summed E-state index contributed by atoms with van der Waals surface area (Å²) in [5.41, 5.74) is 0. The van der Waals surface area contributed by atoms with Crippen LogP contribution in [0.3, 0.4) is 0 Å². The second-order valence-corrected chi connectivity index (χ2v) is 4.87. The lowest BCUT2D eigenvalue weighted by molar-refractivity contribution is -0.372. The highest BCUT2D eigenvalue weighted by Gasteiger charge is 2.38. The molecule has 0 saturated heterocycles. The smallest absolute Gasteiger partial charge is 0.288 e. The van der Waals surface area contributed by atoms with Gasteiger partial charge in [0.25, 0.3) is 5.97 Å². The Kier molecular flexibility index (Phi) is 11.4. The van der Waals surface area contributed by atoms with Gasteiger partial charge in [-0.25, -0.2) is 0 Å². The van der Waals surface area contributed by atoms with E-state index in [4.69, 9.17) is 19.5 Å². The highest BCUT2D eigenvalue weighted by atomic mass is 16.9. The van der Waals surface area contributed by atoms with Crippen molar-refractivity contribution in [2.75, 3.05) is 21.3 Å². The summed E-state index contributed by atoms with van der Waals surface area (Å²) < 4.78 is 16.2. The Morgan fingerprint density at radius 1 is 1.00 bits per heavy atom.